The summed E-state index contributed by atoms with van der Waals surface area (Å²) in [5, 5.41) is 12.2. The Labute approximate surface area is 155 Å². The van der Waals surface area contributed by atoms with Gasteiger partial charge < -0.3 is 15.0 Å². The zero-order valence-electron chi connectivity index (χ0n) is 14.2. The molecule has 1 fully saturated rings. The Kier molecular flexibility index (Phi) is 5.78. The number of hydrogen-bond donors (Lipinski definition) is 2. The van der Waals surface area contributed by atoms with Crippen molar-refractivity contribution in [2.24, 2.45) is 0 Å². The minimum absolute atomic E-state index is 0.0261. The van der Waals surface area contributed by atoms with Crippen LogP contribution in [0.5, 0.6) is 0 Å². The number of aromatic nitrogens is 1. The Balaban J connectivity index is 1.85. The van der Waals surface area contributed by atoms with E-state index in [0.29, 0.717) is 13.0 Å². The van der Waals surface area contributed by atoms with Gasteiger partial charge >= 0.3 is 5.97 Å². The molecule has 2 heterocycles. The fourth-order valence-electron chi connectivity index (χ4n) is 2.89. The number of aromatic carboxylic acids is 1. The Morgan fingerprint density at radius 3 is 2.58 bits per heavy atom. The minimum atomic E-state index is -1.32. The molecule has 1 saturated heterocycles. The molecule has 1 aromatic heterocycles. The molecule has 1 unspecified atom stereocenters. The number of nitrogens with zero attached hydrogens (tertiary/aromatic N) is 1. The second kappa shape index (κ2) is 8.23. The molecule has 0 bridgehead atoms. The first kappa shape index (κ1) is 18.3. The summed E-state index contributed by atoms with van der Waals surface area (Å²) in [5.74, 6) is -0.0397. The van der Waals surface area contributed by atoms with Gasteiger partial charge in [-0.15, -0.1) is 0 Å². The Morgan fingerprint density at radius 1 is 1.19 bits per heavy atom. The summed E-state index contributed by atoms with van der Waals surface area (Å²) in [5.41, 5.74) is -0.143. The van der Waals surface area contributed by atoms with Gasteiger partial charge in [-0.05, 0) is 24.2 Å². The topological polar surface area (TPSA) is 88.4 Å². The maximum atomic E-state index is 12.5. The fraction of sp³-hybridized carbons (Fsp3) is 0.316. The number of rotatable bonds is 6. The van der Waals surface area contributed by atoms with Gasteiger partial charge in [0, 0.05) is 30.7 Å². The van der Waals surface area contributed by atoms with Crippen LogP contribution in [-0.2, 0) is 13.0 Å². The number of aryl methyl sites for hydroxylation is 2. The van der Waals surface area contributed by atoms with Crippen molar-refractivity contribution >= 4 is 23.6 Å². The number of carboxylic acids is 1. The first-order chi connectivity index (χ1) is 12.5. The molecule has 26 heavy (non-hydrogen) atoms. The SMILES string of the molecule is O=C(O)c1cn(CCc2ccccc2)cc(C(=O)NC2CCSC2)c1=O. The number of carbonyl (C=O) groups is 2. The lowest BCUT2D eigenvalue weighted by molar-refractivity contribution is 0.0694. The minimum Gasteiger partial charge on any atom is -0.477 e. The molecule has 1 aromatic carbocycles. The van der Waals surface area contributed by atoms with Crippen LogP contribution in [0.2, 0.25) is 0 Å². The van der Waals surface area contributed by atoms with E-state index < -0.39 is 17.3 Å². The van der Waals surface area contributed by atoms with Crippen molar-refractivity contribution in [3.63, 3.8) is 0 Å². The largest absolute Gasteiger partial charge is 0.477 e. The smallest absolute Gasteiger partial charge is 0.341 e. The van der Waals surface area contributed by atoms with E-state index in [0.717, 1.165) is 23.5 Å². The highest BCUT2D eigenvalue weighted by Crippen LogP contribution is 2.17. The molecule has 3 rings (SSSR count). The highest BCUT2D eigenvalue weighted by atomic mass is 32.2. The summed E-state index contributed by atoms with van der Waals surface area (Å²) in [6.07, 6.45) is 4.28. The number of hydrogen-bond acceptors (Lipinski definition) is 4. The first-order valence-corrected chi connectivity index (χ1v) is 9.60. The lowest BCUT2D eigenvalue weighted by atomic mass is 10.1. The maximum absolute atomic E-state index is 12.5. The number of carboxylic acid groups (broad SMARTS) is 1. The third-order valence-electron chi connectivity index (χ3n) is 4.32. The number of pyridine rings is 1. The lowest BCUT2D eigenvalue weighted by Gasteiger charge is -2.14. The van der Waals surface area contributed by atoms with Gasteiger partial charge in [0.1, 0.15) is 11.1 Å². The van der Waals surface area contributed by atoms with Crippen molar-refractivity contribution in [1.29, 1.82) is 0 Å². The number of nitrogens with one attached hydrogen (secondary N) is 1. The summed E-state index contributed by atoms with van der Waals surface area (Å²) in [6.45, 7) is 0.476. The maximum Gasteiger partial charge on any atom is 0.341 e. The van der Waals surface area contributed by atoms with Crippen LogP contribution >= 0.6 is 11.8 Å². The van der Waals surface area contributed by atoms with Gasteiger partial charge in [-0.25, -0.2) is 4.79 Å². The summed E-state index contributed by atoms with van der Waals surface area (Å²) in [6, 6.07) is 9.77. The van der Waals surface area contributed by atoms with Crippen LogP contribution in [0.25, 0.3) is 0 Å². The van der Waals surface area contributed by atoms with Gasteiger partial charge in [0.2, 0.25) is 5.43 Å². The van der Waals surface area contributed by atoms with E-state index in [1.807, 2.05) is 30.3 Å². The van der Waals surface area contributed by atoms with E-state index in [9.17, 15) is 19.5 Å². The van der Waals surface area contributed by atoms with Gasteiger partial charge in [-0.1, -0.05) is 30.3 Å². The summed E-state index contributed by atoms with van der Waals surface area (Å²) in [4.78, 5) is 36.3. The predicted octanol–water partition coefficient (Wildman–Crippen LogP) is 2.02. The van der Waals surface area contributed by atoms with E-state index in [1.54, 1.807) is 16.3 Å². The lowest BCUT2D eigenvalue weighted by Crippen LogP contribution is -2.38. The molecule has 1 aliphatic heterocycles. The molecule has 7 heteroatoms. The Hall–Kier alpha value is -2.54. The van der Waals surface area contributed by atoms with Crippen LogP contribution in [0.3, 0.4) is 0 Å². The van der Waals surface area contributed by atoms with Crippen LogP contribution in [-0.4, -0.2) is 39.1 Å². The molecular weight excluding hydrogens is 352 g/mol. The van der Waals surface area contributed by atoms with Crippen LogP contribution in [0.15, 0.2) is 47.5 Å². The molecule has 0 spiro atoms. The third-order valence-corrected chi connectivity index (χ3v) is 5.48. The van der Waals surface area contributed by atoms with Crippen molar-refractivity contribution in [2.45, 2.75) is 25.4 Å². The van der Waals surface area contributed by atoms with Gasteiger partial charge in [0.25, 0.3) is 5.91 Å². The zero-order valence-corrected chi connectivity index (χ0v) is 15.0. The van der Waals surface area contributed by atoms with Crippen LogP contribution < -0.4 is 10.7 Å². The number of benzene rings is 1. The molecular formula is C19H20N2O4S. The molecule has 1 amide bonds. The standard InChI is InChI=1S/C19H20N2O4S/c22-17-15(18(23)20-14-7-9-26-12-14)10-21(11-16(17)19(24)25)8-6-13-4-2-1-3-5-13/h1-5,10-11,14H,6-9,12H2,(H,20,23)(H,24,25). The highest BCUT2D eigenvalue weighted by Gasteiger charge is 2.23. The fourth-order valence-corrected chi connectivity index (χ4v) is 4.04. The number of amides is 1. The molecule has 136 valence electrons. The van der Waals surface area contributed by atoms with E-state index in [4.69, 9.17) is 0 Å². The molecule has 1 atom stereocenters. The van der Waals surface area contributed by atoms with Gasteiger partial charge in [-0.2, -0.15) is 11.8 Å². The normalized spacial score (nSPS) is 16.4. The van der Waals surface area contributed by atoms with Crippen LogP contribution in [0.4, 0.5) is 0 Å². The number of carbonyl (C=O) groups excluding carboxylic acids is 1. The average Bonchev–Trinajstić information content (AvgIpc) is 3.14. The van der Waals surface area contributed by atoms with Crippen molar-refractivity contribution in [2.75, 3.05) is 11.5 Å². The quantitative estimate of drug-likeness (QED) is 0.810. The predicted molar refractivity (Wildman–Crippen MR) is 101 cm³/mol. The Morgan fingerprint density at radius 2 is 1.92 bits per heavy atom. The van der Waals surface area contributed by atoms with Crippen molar-refractivity contribution in [3.05, 3.63) is 69.6 Å². The van der Waals surface area contributed by atoms with E-state index >= 15 is 0 Å². The van der Waals surface area contributed by atoms with Crippen molar-refractivity contribution in [3.8, 4) is 0 Å². The zero-order chi connectivity index (χ0) is 18.5. The molecule has 2 aromatic rings. The monoisotopic (exact) mass is 372 g/mol. The summed E-state index contributed by atoms with van der Waals surface area (Å²) < 4.78 is 1.61. The molecule has 2 N–H and O–H groups in total. The summed E-state index contributed by atoms with van der Waals surface area (Å²) >= 11 is 1.75. The van der Waals surface area contributed by atoms with E-state index in [-0.39, 0.29) is 17.2 Å². The van der Waals surface area contributed by atoms with E-state index in [1.165, 1.54) is 12.4 Å². The van der Waals surface area contributed by atoms with Crippen LogP contribution in [0.1, 0.15) is 32.7 Å². The highest BCUT2D eigenvalue weighted by molar-refractivity contribution is 7.99. The average molecular weight is 372 g/mol. The summed E-state index contributed by atoms with van der Waals surface area (Å²) in [7, 11) is 0. The molecule has 0 aliphatic carbocycles. The van der Waals surface area contributed by atoms with E-state index in [2.05, 4.69) is 5.32 Å². The third kappa shape index (κ3) is 4.35. The Bertz CT molecular complexity index is 858. The molecule has 0 radical (unpaired) electrons. The second-order valence-corrected chi connectivity index (χ2v) is 7.38. The second-order valence-electron chi connectivity index (χ2n) is 6.23. The van der Waals surface area contributed by atoms with Gasteiger partial charge in [0.15, 0.2) is 0 Å². The van der Waals surface area contributed by atoms with Gasteiger partial charge in [0.05, 0.1) is 0 Å². The van der Waals surface area contributed by atoms with Crippen LogP contribution in [0, 0.1) is 0 Å². The number of thioether (sulfide) groups is 1. The van der Waals surface area contributed by atoms with Crippen molar-refractivity contribution in [1.82, 2.24) is 9.88 Å². The molecule has 6 nitrogen and oxygen atoms in total. The van der Waals surface area contributed by atoms with Gasteiger partial charge in [-0.3, -0.25) is 9.59 Å². The first-order valence-electron chi connectivity index (χ1n) is 8.44. The van der Waals surface area contributed by atoms with Crippen molar-refractivity contribution < 1.29 is 14.7 Å². The molecule has 0 saturated carbocycles. The molecule has 1 aliphatic rings.